The summed E-state index contributed by atoms with van der Waals surface area (Å²) in [6.07, 6.45) is 4.00. The van der Waals surface area contributed by atoms with E-state index in [4.69, 9.17) is 10.5 Å². The predicted octanol–water partition coefficient (Wildman–Crippen LogP) is 1.29. The smallest absolute Gasteiger partial charge is 0.237 e. The van der Waals surface area contributed by atoms with E-state index in [2.05, 4.69) is 19.2 Å². The molecular formula is C13H26N2O2. The molecule has 1 rings (SSSR count). The summed E-state index contributed by atoms with van der Waals surface area (Å²) in [6.45, 7) is 5.03. The number of carbonyl (C=O) groups excluding carboxylic acids is 1. The SMILES string of the molecule is COCCC(N)C(=O)NC1CC(C)CC(C)C1. The number of hydrogen-bond donors (Lipinski definition) is 2. The third kappa shape index (κ3) is 5.04. The van der Waals surface area contributed by atoms with Crippen LogP contribution in [0.1, 0.15) is 39.5 Å². The summed E-state index contributed by atoms with van der Waals surface area (Å²) in [6, 6.07) is -0.141. The average Bonchev–Trinajstić information content (AvgIpc) is 2.24. The van der Waals surface area contributed by atoms with Crippen molar-refractivity contribution in [3.63, 3.8) is 0 Å². The van der Waals surface area contributed by atoms with Gasteiger partial charge >= 0.3 is 0 Å². The number of nitrogens with one attached hydrogen (secondary N) is 1. The molecule has 1 aliphatic carbocycles. The second-order valence-electron chi connectivity index (χ2n) is 5.51. The molecule has 0 bridgehead atoms. The zero-order valence-corrected chi connectivity index (χ0v) is 11.2. The molecule has 0 aliphatic heterocycles. The monoisotopic (exact) mass is 242 g/mol. The van der Waals surface area contributed by atoms with Crippen LogP contribution >= 0.6 is 0 Å². The van der Waals surface area contributed by atoms with Crippen molar-refractivity contribution in [2.45, 2.75) is 51.6 Å². The van der Waals surface area contributed by atoms with Crippen LogP contribution in [0.4, 0.5) is 0 Å². The quantitative estimate of drug-likeness (QED) is 0.763. The minimum atomic E-state index is -0.442. The highest BCUT2D eigenvalue weighted by Crippen LogP contribution is 2.28. The number of amides is 1. The first kappa shape index (κ1) is 14.5. The Kier molecular flexibility index (Phi) is 5.92. The lowest BCUT2D eigenvalue weighted by molar-refractivity contribution is -0.123. The molecule has 0 aromatic heterocycles. The molecule has 0 saturated heterocycles. The third-order valence-corrected chi connectivity index (χ3v) is 3.49. The first-order valence-electron chi connectivity index (χ1n) is 6.57. The van der Waals surface area contributed by atoms with Gasteiger partial charge in [-0.05, 0) is 37.5 Å². The molecule has 1 fully saturated rings. The Morgan fingerprint density at radius 2 is 1.94 bits per heavy atom. The first-order chi connectivity index (χ1) is 8.02. The Morgan fingerprint density at radius 1 is 1.35 bits per heavy atom. The number of nitrogens with two attached hydrogens (primary N) is 1. The van der Waals surface area contributed by atoms with E-state index in [1.165, 1.54) is 6.42 Å². The lowest BCUT2D eigenvalue weighted by atomic mass is 9.80. The van der Waals surface area contributed by atoms with Crippen LogP contribution in [-0.2, 0) is 9.53 Å². The maximum absolute atomic E-state index is 11.8. The standard InChI is InChI=1S/C13H26N2O2/c1-9-6-10(2)8-11(7-9)15-13(16)12(14)4-5-17-3/h9-12H,4-8,14H2,1-3H3,(H,15,16). The maximum atomic E-state index is 11.8. The van der Waals surface area contributed by atoms with Crippen LogP contribution in [0.5, 0.6) is 0 Å². The molecule has 1 saturated carbocycles. The van der Waals surface area contributed by atoms with Gasteiger partial charge < -0.3 is 15.8 Å². The average molecular weight is 242 g/mol. The van der Waals surface area contributed by atoms with Crippen LogP contribution in [0.2, 0.25) is 0 Å². The van der Waals surface area contributed by atoms with Crippen molar-refractivity contribution in [2.24, 2.45) is 17.6 Å². The summed E-state index contributed by atoms with van der Waals surface area (Å²) in [5, 5.41) is 3.07. The normalized spacial score (nSPS) is 30.9. The molecule has 4 nitrogen and oxygen atoms in total. The van der Waals surface area contributed by atoms with E-state index in [1.54, 1.807) is 7.11 Å². The van der Waals surface area contributed by atoms with Crippen molar-refractivity contribution in [3.05, 3.63) is 0 Å². The van der Waals surface area contributed by atoms with Crippen molar-refractivity contribution >= 4 is 5.91 Å². The summed E-state index contributed by atoms with van der Waals surface area (Å²) >= 11 is 0. The zero-order chi connectivity index (χ0) is 12.8. The van der Waals surface area contributed by atoms with Gasteiger partial charge in [0.1, 0.15) is 0 Å². The molecule has 3 N–H and O–H groups in total. The van der Waals surface area contributed by atoms with Gasteiger partial charge in [-0.15, -0.1) is 0 Å². The molecule has 0 aromatic carbocycles. The Bertz CT molecular complexity index is 236. The fraction of sp³-hybridized carbons (Fsp3) is 0.923. The summed E-state index contributed by atoms with van der Waals surface area (Å²) in [7, 11) is 1.62. The van der Waals surface area contributed by atoms with Gasteiger partial charge in [-0.1, -0.05) is 13.8 Å². The Hall–Kier alpha value is -0.610. The van der Waals surface area contributed by atoms with E-state index < -0.39 is 6.04 Å². The Balaban J connectivity index is 2.34. The second kappa shape index (κ2) is 6.97. The van der Waals surface area contributed by atoms with Gasteiger partial charge in [-0.3, -0.25) is 4.79 Å². The Morgan fingerprint density at radius 3 is 2.47 bits per heavy atom. The number of hydrogen-bond acceptors (Lipinski definition) is 3. The van der Waals surface area contributed by atoms with Crippen molar-refractivity contribution in [2.75, 3.05) is 13.7 Å². The summed E-state index contributed by atoms with van der Waals surface area (Å²) in [5.74, 6) is 1.35. The summed E-state index contributed by atoms with van der Waals surface area (Å²) in [4.78, 5) is 11.8. The minimum Gasteiger partial charge on any atom is -0.385 e. The largest absolute Gasteiger partial charge is 0.385 e. The van der Waals surface area contributed by atoms with E-state index in [1.807, 2.05) is 0 Å². The summed E-state index contributed by atoms with van der Waals surface area (Å²) in [5.41, 5.74) is 5.80. The van der Waals surface area contributed by atoms with Crippen LogP contribution in [0.3, 0.4) is 0 Å². The highest BCUT2D eigenvalue weighted by Gasteiger charge is 2.26. The highest BCUT2D eigenvalue weighted by molar-refractivity contribution is 5.81. The molecule has 0 aromatic rings. The number of carbonyl (C=O) groups is 1. The molecular weight excluding hydrogens is 216 g/mol. The molecule has 3 atom stereocenters. The molecule has 1 aliphatic rings. The number of ether oxygens (including phenoxy) is 1. The fourth-order valence-electron chi connectivity index (χ4n) is 2.75. The fourth-order valence-corrected chi connectivity index (χ4v) is 2.75. The van der Waals surface area contributed by atoms with Crippen LogP contribution in [-0.4, -0.2) is 31.7 Å². The van der Waals surface area contributed by atoms with Gasteiger partial charge in [0.05, 0.1) is 6.04 Å². The first-order valence-corrected chi connectivity index (χ1v) is 6.57. The number of methoxy groups -OCH3 is 1. The van der Waals surface area contributed by atoms with Crippen LogP contribution < -0.4 is 11.1 Å². The molecule has 0 spiro atoms. The highest BCUT2D eigenvalue weighted by atomic mass is 16.5. The number of rotatable bonds is 5. The molecule has 17 heavy (non-hydrogen) atoms. The zero-order valence-electron chi connectivity index (χ0n) is 11.2. The third-order valence-electron chi connectivity index (χ3n) is 3.49. The van der Waals surface area contributed by atoms with Crippen LogP contribution in [0.25, 0.3) is 0 Å². The molecule has 1 amide bonds. The topological polar surface area (TPSA) is 64.3 Å². The van der Waals surface area contributed by atoms with Crippen molar-refractivity contribution in [1.29, 1.82) is 0 Å². The van der Waals surface area contributed by atoms with Gasteiger partial charge in [-0.25, -0.2) is 0 Å². The minimum absolute atomic E-state index is 0.0339. The van der Waals surface area contributed by atoms with Gasteiger partial charge in [-0.2, -0.15) is 0 Å². The lowest BCUT2D eigenvalue weighted by Crippen LogP contribution is -2.47. The van der Waals surface area contributed by atoms with E-state index in [0.29, 0.717) is 30.9 Å². The molecule has 0 radical (unpaired) electrons. The molecule has 0 heterocycles. The van der Waals surface area contributed by atoms with E-state index >= 15 is 0 Å². The molecule has 100 valence electrons. The maximum Gasteiger partial charge on any atom is 0.237 e. The van der Waals surface area contributed by atoms with Gasteiger partial charge in [0, 0.05) is 19.8 Å². The van der Waals surface area contributed by atoms with E-state index in [-0.39, 0.29) is 5.91 Å². The van der Waals surface area contributed by atoms with Crippen molar-refractivity contribution in [3.8, 4) is 0 Å². The van der Waals surface area contributed by atoms with Gasteiger partial charge in [0.15, 0.2) is 0 Å². The summed E-state index contributed by atoms with van der Waals surface area (Å²) < 4.78 is 4.93. The predicted molar refractivity (Wildman–Crippen MR) is 68.6 cm³/mol. The van der Waals surface area contributed by atoms with Crippen LogP contribution in [0, 0.1) is 11.8 Å². The van der Waals surface area contributed by atoms with E-state index in [0.717, 1.165) is 12.8 Å². The van der Waals surface area contributed by atoms with E-state index in [9.17, 15) is 4.79 Å². The second-order valence-corrected chi connectivity index (χ2v) is 5.51. The van der Waals surface area contributed by atoms with Crippen molar-refractivity contribution in [1.82, 2.24) is 5.32 Å². The van der Waals surface area contributed by atoms with Crippen molar-refractivity contribution < 1.29 is 9.53 Å². The van der Waals surface area contributed by atoms with Gasteiger partial charge in [0.2, 0.25) is 5.91 Å². The lowest BCUT2D eigenvalue weighted by Gasteiger charge is -2.32. The van der Waals surface area contributed by atoms with Gasteiger partial charge in [0.25, 0.3) is 0 Å². The Labute approximate surface area is 104 Å². The molecule has 3 unspecified atom stereocenters. The molecule has 4 heteroatoms. The van der Waals surface area contributed by atoms with Crippen LogP contribution in [0.15, 0.2) is 0 Å².